The van der Waals surface area contributed by atoms with Gasteiger partial charge in [-0.15, -0.1) is 0 Å². The Labute approximate surface area is 401 Å². The molecule has 0 aliphatic heterocycles. The Morgan fingerprint density at radius 2 is 0.671 bits per heavy atom. The zero-order valence-electron chi connectivity index (χ0n) is 37.1. The Bertz CT molecular complexity index is 4050. The van der Waals surface area contributed by atoms with Crippen molar-refractivity contribution in [2.75, 3.05) is 0 Å². The Morgan fingerprint density at radius 3 is 1.14 bits per heavy atom. The monoisotopic (exact) mass is 891 g/mol. The summed E-state index contributed by atoms with van der Waals surface area (Å²) in [4.78, 5) is 15.8. The lowest BCUT2D eigenvalue weighted by molar-refractivity contribution is 1.06. The summed E-state index contributed by atoms with van der Waals surface area (Å²) in [5.41, 5.74) is 12.8. The normalized spacial score (nSPS) is 11.1. The Hall–Kier alpha value is -10.5. The molecule has 0 saturated carbocycles. The lowest BCUT2D eigenvalue weighted by Gasteiger charge is -2.17. The zero-order valence-corrected chi connectivity index (χ0v) is 37.1. The minimum absolute atomic E-state index is 0.329. The van der Waals surface area contributed by atoms with Gasteiger partial charge >= 0.3 is 0 Å². The van der Waals surface area contributed by atoms with Crippen molar-refractivity contribution in [3.05, 3.63) is 222 Å². The number of aromatic nitrogens is 5. The van der Waals surface area contributed by atoms with Crippen molar-refractivity contribution in [1.82, 2.24) is 24.1 Å². The molecule has 0 saturated heterocycles. The summed E-state index contributed by atoms with van der Waals surface area (Å²) in [5, 5.41) is 44.5. The highest BCUT2D eigenvalue weighted by atomic mass is 15.1. The number of rotatable bonds is 7. The van der Waals surface area contributed by atoms with Crippen LogP contribution in [0.15, 0.2) is 200 Å². The molecule has 12 aromatic rings. The predicted molar refractivity (Wildman–Crippen MR) is 275 cm³/mol. The molecule has 0 amide bonds. The van der Waals surface area contributed by atoms with Gasteiger partial charge in [0.05, 0.1) is 80.0 Å². The number of fused-ring (bicyclic) bond motifs is 6. The van der Waals surface area contributed by atoms with Crippen LogP contribution in [0.3, 0.4) is 0 Å². The summed E-state index contributed by atoms with van der Waals surface area (Å²) < 4.78 is 4.38. The molecule has 0 fully saturated rings. The summed E-state index contributed by atoms with van der Waals surface area (Å²) in [6.07, 6.45) is 0. The number of hydrogen-bond acceptors (Lipinski definition) is 7. The molecular weight excluding hydrogens is 859 g/mol. The van der Waals surface area contributed by atoms with Crippen LogP contribution in [0.1, 0.15) is 22.3 Å². The van der Waals surface area contributed by atoms with Gasteiger partial charge in [-0.05, 0) is 107 Å². The van der Waals surface area contributed by atoms with E-state index in [1.165, 1.54) is 0 Å². The van der Waals surface area contributed by atoms with Crippen LogP contribution < -0.4 is 0 Å². The fraction of sp³-hybridized carbons (Fsp3) is 0. The van der Waals surface area contributed by atoms with Gasteiger partial charge in [0, 0.05) is 38.2 Å². The minimum atomic E-state index is 0.329. The molecule has 9 nitrogen and oxygen atoms in total. The Kier molecular flexibility index (Phi) is 9.82. The molecule has 3 aromatic heterocycles. The van der Waals surface area contributed by atoms with E-state index in [2.05, 4.69) is 94.1 Å². The second-order valence-electron chi connectivity index (χ2n) is 16.9. The van der Waals surface area contributed by atoms with Gasteiger partial charge in [-0.25, -0.2) is 15.0 Å². The number of para-hydroxylation sites is 2. The second-order valence-corrected chi connectivity index (χ2v) is 16.9. The molecule has 322 valence electrons. The molecule has 0 unspecified atom stereocenters. The molecule has 9 heteroatoms. The highest BCUT2D eigenvalue weighted by molar-refractivity contribution is 6.12. The number of hydrogen-bond donors (Lipinski definition) is 0. The molecule has 70 heavy (non-hydrogen) atoms. The van der Waals surface area contributed by atoms with Crippen molar-refractivity contribution < 1.29 is 0 Å². The van der Waals surface area contributed by atoms with Crippen LogP contribution in [-0.2, 0) is 0 Å². The third-order valence-corrected chi connectivity index (χ3v) is 12.9. The fourth-order valence-corrected chi connectivity index (χ4v) is 9.65. The van der Waals surface area contributed by atoms with E-state index in [-0.39, 0.29) is 0 Å². The molecule has 9 aromatic carbocycles. The Balaban J connectivity index is 1.13. The van der Waals surface area contributed by atoms with Crippen LogP contribution in [0.5, 0.6) is 0 Å². The Morgan fingerprint density at radius 1 is 0.286 bits per heavy atom. The summed E-state index contributed by atoms with van der Waals surface area (Å²) in [5.74, 6) is 1.07. The van der Waals surface area contributed by atoms with E-state index in [0.29, 0.717) is 50.9 Å². The summed E-state index contributed by atoms with van der Waals surface area (Å²) >= 11 is 0. The van der Waals surface area contributed by atoms with Crippen molar-refractivity contribution in [3.63, 3.8) is 0 Å². The van der Waals surface area contributed by atoms with E-state index in [1.54, 1.807) is 12.1 Å². The smallest absolute Gasteiger partial charge is 0.166 e. The van der Waals surface area contributed by atoms with Gasteiger partial charge in [0.15, 0.2) is 17.5 Å². The van der Waals surface area contributed by atoms with Gasteiger partial charge in [0.25, 0.3) is 0 Å². The van der Waals surface area contributed by atoms with E-state index in [0.717, 1.165) is 82.8 Å². The molecule has 0 aliphatic carbocycles. The van der Waals surface area contributed by atoms with Gasteiger partial charge < -0.3 is 9.13 Å². The maximum atomic E-state index is 10.5. The van der Waals surface area contributed by atoms with Gasteiger partial charge in [-0.1, -0.05) is 115 Å². The maximum Gasteiger partial charge on any atom is 0.166 e. The molecule has 0 bridgehead atoms. The fourth-order valence-electron chi connectivity index (χ4n) is 9.65. The SMILES string of the molecule is N#Cc1cccc(-c2ccc3c4ccccc4n(-c4ccc(C#N)cc4-c4nc(-c5ccccc5)nc(-c5cc(C#N)ccc5-n5c6ccccc6c6ccc(-c7cccc(C#N)c7)cc65)n4)c3c2)c1. The summed E-state index contributed by atoms with van der Waals surface area (Å²) in [6, 6.07) is 74.4. The topological polar surface area (TPSA) is 144 Å². The molecule has 0 spiro atoms. The van der Waals surface area contributed by atoms with Crippen molar-refractivity contribution in [2.24, 2.45) is 0 Å². The molecular formula is C61H33N9. The van der Waals surface area contributed by atoms with Crippen LogP contribution in [0.2, 0.25) is 0 Å². The molecule has 0 aliphatic rings. The average molecular weight is 892 g/mol. The van der Waals surface area contributed by atoms with E-state index in [9.17, 15) is 21.0 Å². The van der Waals surface area contributed by atoms with E-state index >= 15 is 0 Å². The first-order chi connectivity index (χ1) is 34.5. The van der Waals surface area contributed by atoms with Crippen LogP contribution in [0, 0.1) is 45.3 Å². The molecule has 0 N–H and O–H groups in total. The quantitative estimate of drug-likeness (QED) is 0.155. The standard InChI is InChI=1S/C61H33N9/c62-34-38-10-8-14-43(28-38)45-22-24-49-47-16-4-6-18-53(47)69(57(49)32-45)55-26-20-40(36-64)30-51(55)60-66-59(42-12-2-1-3-13-42)67-61(68-60)52-31-41(37-65)21-27-56(52)70-54-19-7-5-17-48(54)50-25-23-46(33-58(50)70)44-15-9-11-39(29-44)35-63/h1-33H. The number of nitriles is 4. The van der Waals surface area contributed by atoms with Gasteiger partial charge in [-0.3, -0.25) is 0 Å². The van der Waals surface area contributed by atoms with Gasteiger partial charge in [-0.2, -0.15) is 21.0 Å². The highest BCUT2D eigenvalue weighted by Crippen LogP contribution is 2.41. The third-order valence-electron chi connectivity index (χ3n) is 12.9. The lowest BCUT2D eigenvalue weighted by Crippen LogP contribution is -2.06. The summed E-state index contributed by atoms with van der Waals surface area (Å²) in [6.45, 7) is 0. The van der Waals surface area contributed by atoms with E-state index in [1.807, 2.05) is 127 Å². The van der Waals surface area contributed by atoms with Crippen LogP contribution in [0.25, 0.3) is 111 Å². The second kappa shape index (κ2) is 16.8. The number of nitrogens with zero attached hydrogens (tertiary/aromatic N) is 9. The van der Waals surface area contributed by atoms with Crippen molar-refractivity contribution >= 4 is 43.6 Å². The van der Waals surface area contributed by atoms with Crippen LogP contribution in [0.4, 0.5) is 0 Å². The number of benzene rings is 9. The van der Waals surface area contributed by atoms with Crippen molar-refractivity contribution in [1.29, 1.82) is 21.0 Å². The first kappa shape index (κ1) is 41.0. The van der Waals surface area contributed by atoms with Gasteiger partial charge in [0.1, 0.15) is 0 Å². The average Bonchev–Trinajstić information content (AvgIpc) is 3.94. The highest BCUT2D eigenvalue weighted by Gasteiger charge is 2.24. The summed E-state index contributed by atoms with van der Waals surface area (Å²) in [7, 11) is 0. The molecule has 0 atom stereocenters. The molecule has 12 rings (SSSR count). The minimum Gasteiger partial charge on any atom is -0.308 e. The maximum absolute atomic E-state index is 10.5. The van der Waals surface area contributed by atoms with Crippen LogP contribution >= 0.6 is 0 Å². The van der Waals surface area contributed by atoms with Crippen molar-refractivity contribution in [2.45, 2.75) is 0 Å². The largest absolute Gasteiger partial charge is 0.308 e. The molecule has 3 heterocycles. The first-order valence-corrected chi connectivity index (χ1v) is 22.5. The van der Waals surface area contributed by atoms with E-state index in [4.69, 9.17) is 15.0 Å². The molecule has 0 radical (unpaired) electrons. The predicted octanol–water partition coefficient (Wildman–Crippen LogP) is 13.9. The third kappa shape index (κ3) is 6.88. The first-order valence-electron chi connectivity index (χ1n) is 22.5. The van der Waals surface area contributed by atoms with Crippen molar-refractivity contribution in [3.8, 4) is 92.1 Å². The van der Waals surface area contributed by atoms with Crippen LogP contribution in [-0.4, -0.2) is 24.1 Å². The van der Waals surface area contributed by atoms with E-state index < -0.39 is 0 Å². The zero-order chi connectivity index (χ0) is 47.3. The van der Waals surface area contributed by atoms with Gasteiger partial charge in [0.2, 0.25) is 0 Å². The lowest BCUT2D eigenvalue weighted by atomic mass is 10.0.